The van der Waals surface area contributed by atoms with Crippen molar-refractivity contribution >= 4 is 9.84 Å². The highest BCUT2D eigenvalue weighted by atomic mass is 32.2. The Bertz CT molecular complexity index is 267. The van der Waals surface area contributed by atoms with Gasteiger partial charge in [-0.25, -0.2) is 8.42 Å². The van der Waals surface area contributed by atoms with Gasteiger partial charge in [-0.05, 0) is 0 Å². The monoisotopic (exact) mass is 207 g/mol. The van der Waals surface area contributed by atoms with E-state index in [4.69, 9.17) is 10.00 Å². The molecule has 0 aliphatic carbocycles. The van der Waals surface area contributed by atoms with Gasteiger partial charge in [0.05, 0.1) is 19.0 Å². The Morgan fingerprint density at radius 2 is 2.08 bits per heavy atom. The fourth-order valence-corrected chi connectivity index (χ4v) is 1.38. The number of hydrogen-bond donors (Lipinski definition) is 0. The fraction of sp³-hybridized carbons (Fsp3) is 0.857. The maximum absolute atomic E-state index is 11.1. The summed E-state index contributed by atoms with van der Waals surface area (Å²) in [4.78, 5) is 0. The molecule has 0 aromatic heterocycles. The van der Waals surface area contributed by atoms with Gasteiger partial charge in [-0.3, -0.25) is 0 Å². The normalized spacial score (nSPS) is 13.6. The molecule has 13 heavy (non-hydrogen) atoms. The number of rotatable bonds is 6. The molecule has 0 fully saturated rings. The van der Waals surface area contributed by atoms with Crippen molar-refractivity contribution in [2.75, 3.05) is 26.1 Å². The summed E-state index contributed by atoms with van der Waals surface area (Å²) in [6.45, 7) is 1.85. The Hall–Kier alpha value is -0.640. The lowest BCUT2D eigenvalue weighted by molar-refractivity contribution is 0.0720. The molecule has 0 amide bonds. The van der Waals surface area contributed by atoms with E-state index in [9.17, 15) is 8.42 Å². The van der Waals surface area contributed by atoms with E-state index in [-0.39, 0.29) is 19.0 Å². The number of sulfone groups is 1. The molecule has 0 aliphatic heterocycles. The van der Waals surface area contributed by atoms with Crippen molar-refractivity contribution in [2.45, 2.75) is 12.4 Å². The van der Waals surface area contributed by atoms with Crippen molar-refractivity contribution in [1.29, 1.82) is 5.26 Å². The molecule has 0 bridgehead atoms. The van der Waals surface area contributed by atoms with Crippen LogP contribution in [0.5, 0.6) is 0 Å². The zero-order chi connectivity index (χ0) is 10.3. The molecule has 0 radical (unpaired) electrons. The van der Waals surface area contributed by atoms with Crippen LogP contribution in [0.3, 0.4) is 0 Å². The van der Waals surface area contributed by atoms with Gasteiger partial charge in [0.1, 0.15) is 6.07 Å². The molecule has 0 saturated carbocycles. The average Bonchev–Trinajstić information content (AvgIpc) is 2.12. The van der Waals surface area contributed by atoms with Crippen LogP contribution in [0.25, 0.3) is 0 Å². The molecule has 0 aromatic rings. The van der Waals surface area contributed by atoms with Crippen molar-refractivity contribution < 1.29 is 17.9 Å². The quantitative estimate of drug-likeness (QED) is 0.570. The van der Waals surface area contributed by atoms with E-state index in [1.807, 2.05) is 0 Å². The van der Waals surface area contributed by atoms with Crippen molar-refractivity contribution in [3.63, 3.8) is 0 Å². The van der Waals surface area contributed by atoms with Crippen LogP contribution in [0.2, 0.25) is 0 Å². The molecule has 1 atom stereocenters. The molecular formula is C7H13NO4S. The molecule has 0 rings (SSSR count). The van der Waals surface area contributed by atoms with Gasteiger partial charge in [-0.1, -0.05) is 6.92 Å². The standard InChI is InChI=1S/C7H13NO4S/c1-3-13(9,10)7(6-8)12-5-4-11-2/h7H,3-5H2,1-2H3. The van der Waals surface area contributed by atoms with Gasteiger partial charge in [0.2, 0.25) is 5.44 Å². The Morgan fingerprint density at radius 1 is 1.46 bits per heavy atom. The third-order valence-electron chi connectivity index (χ3n) is 1.39. The summed E-state index contributed by atoms with van der Waals surface area (Å²) in [5, 5.41) is 8.50. The predicted molar refractivity (Wildman–Crippen MR) is 46.7 cm³/mol. The van der Waals surface area contributed by atoms with Gasteiger partial charge in [0.25, 0.3) is 0 Å². The van der Waals surface area contributed by atoms with E-state index in [0.29, 0.717) is 0 Å². The molecule has 0 saturated heterocycles. The first-order valence-electron chi connectivity index (χ1n) is 3.80. The van der Waals surface area contributed by atoms with E-state index in [1.54, 1.807) is 6.07 Å². The number of nitrogens with zero attached hydrogens (tertiary/aromatic N) is 1. The first kappa shape index (κ1) is 12.4. The Morgan fingerprint density at radius 3 is 2.46 bits per heavy atom. The average molecular weight is 207 g/mol. The molecular weight excluding hydrogens is 194 g/mol. The maximum Gasteiger partial charge on any atom is 0.245 e. The van der Waals surface area contributed by atoms with E-state index in [1.165, 1.54) is 14.0 Å². The second kappa shape index (κ2) is 5.91. The molecule has 76 valence electrons. The zero-order valence-corrected chi connectivity index (χ0v) is 8.50. The lowest BCUT2D eigenvalue weighted by Crippen LogP contribution is -2.25. The lowest BCUT2D eigenvalue weighted by atomic mass is 10.7. The topological polar surface area (TPSA) is 76.4 Å². The third-order valence-corrected chi connectivity index (χ3v) is 3.09. The molecule has 0 aliphatic rings. The highest BCUT2D eigenvalue weighted by molar-refractivity contribution is 7.92. The van der Waals surface area contributed by atoms with Crippen molar-refractivity contribution in [2.24, 2.45) is 0 Å². The summed E-state index contributed by atoms with van der Waals surface area (Å²) in [5.41, 5.74) is -1.37. The van der Waals surface area contributed by atoms with Crippen LogP contribution in [0.4, 0.5) is 0 Å². The molecule has 6 heteroatoms. The van der Waals surface area contributed by atoms with Gasteiger partial charge in [0.15, 0.2) is 9.84 Å². The van der Waals surface area contributed by atoms with E-state index >= 15 is 0 Å². The second-order valence-corrected chi connectivity index (χ2v) is 4.61. The van der Waals surface area contributed by atoms with Gasteiger partial charge in [-0.15, -0.1) is 0 Å². The summed E-state index contributed by atoms with van der Waals surface area (Å²) in [7, 11) is -1.96. The number of nitriles is 1. The van der Waals surface area contributed by atoms with Crippen LogP contribution in [0.1, 0.15) is 6.92 Å². The summed E-state index contributed by atoms with van der Waals surface area (Å²) in [6.07, 6.45) is 0. The maximum atomic E-state index is 11.1. The second-order valence-electron chi connectivity index (χ2n) is 2.28. The molecule has 0 N–H and O–H groups in total. The Balaban J connectivity index is 4.14. The van der Waals surface area contributed by atoms with Crippen LogP contribution in [0.15, 0.2) is 0 Å². The minimum absolute atomic E-state index is 0.0990. The van der Waals surface area contributed by atoms with E-state index in [0.717, 1.165) is 0 Å². The molecule has 0 aromatic carbocycles. The minimum Gasteiger partial charge on any atom is -0.382 e. The van der Waals surface area contributed by atoms with Crippen molar-refractivity contribution in [3.05, 3.63) is 0 Å². The van der Waals surface area contributed by atoms with Crippen molar-refractivity contribution in [1.82, 2.24) is 0 Å². The Kier molecular flexibility index (Phi) is 5.62. The van der Waals surface area contributed by atoms with Crippen LogP contribution >= 0.6 is 0 Å². The molecule has 0 spiro atoms. The van der Waals surface area contributed by atoms with Crippen molar-refractivity contribution in [3.8, 4) is 6.07 Å². The zero-order valence-electron chi connectivity index (χ0n) is 7.69. The van der Waals surface area contributed by atoms with Gasteiger partial charge >= 0.3 is 0 Å². The van der Waals surface area contributed by atoms with E-state index in [2.05, 4.69) is 4.74 Å². The largest absolute Gasteiger partial charge is 0.382 e. The Labute approximate surface area is 78.2 Å². The molecule has 0 heterocycles. The first-order chi connectivity index (χ1) is 6.08. The lowest BCUT2D eigenvalue weighted by Gasteiger charge is -2.09. The van der Waals surface area contributed by atoms with E-state index < -0.39 is 15.3 Å². The SMILES string of the molecule is CCS(=O)(=O)C(C#N)OCCOC. The van der Waals surface area contributed by atoms with Crippen LogP contribution in [0, 0.1) is 11.3 Å². The summed E-state index contributed by atoms with van der Waals surface area (Å²) in [5.74, 6) is -0.0990. The summed E-state index contributed by atoms with van der Waals surface area (Å²) < 4.78 is 31.7. The van der Waals surface area contributed by atoms with Gasteiger partial charge in [0, 0.05) is 7.11 Å². The highest BCUT2D eigenvalue weighted by Crippen LogP contribution is 2.02. The first-order valence-corrected chi connectivity index (χ1v) is 5.51. The van der Waals surface area contributed by atoms with Crippen LogP contribution in [-0.2, 0) is 19.3 Å². The fourth-order valence-electron chi connectivity index (χ4n) is 0.611. The number of hydrogen-bond acceptors (Lipinski definition) is 5. The van der Waals surface area contributed by atoms with Crippen LogP contribution in [-0.4, -0.2) is 39.9 Å². The molecule has 5 nitrogen and oxygen atoms in total. The third kappa shape index (κ3) is 4.22. The van der Waals surface area contributed by atoms with Gasteiger partial charge in [-0.2, -0.15) is 5.26 Å². The van der Waals surface area contributed by atoms with Gasteiger partial charge < -0.3 is 9.47 Å². The highest BCUT2D eigenvalue weighted by Gasteiger charge is 2.23. The molecule has 1 unspecified atom stereocenters. The summed E-state index contributed by atoms with van der Waals surface area (Å²) in [6, 6.07) is 1.59. The minimum atomic E-state index is -3.43. The van der Waals surface area contributed by atoms with Crippen LogP contribution < -0.4 is 0 Å². The predicted octanol–water partition coefficient (Wildman–Crippen LogP) is -0.0662. The number of ether oxygens (including phenoxy) is 2. The number of methoxy groups -OCH3 is 1. The smallest absolute Gasteiger partial charge is 0.245 e. The summed E-state index contributed by atoms with van der Waals surface area (Å²) >= 11 is 0.